The molecule has 0 saturated carbocycles. The van der Waals surface area contributed by atoms with Gasteiger partial charge in [0.2, 0.25) is 5.88 Å². The van der Waals surface area contributed by atoms with Crippen LogP contribution in [0.25, 0.3) is 10.9 Å². The van der Waals surface area contributed by atoms with Crippen LogP contribution in [0.3, 0.4) is 0 Å². The highest BCUT2D eigenvalue weighted by atomic mass is 79.9. The zero-order valence-corrected chi connectivity index (χ0v) is 11.3. The molecule has 0 atom stereocenters. The molecule has 0 radical (unpaired) electrons. The van der Waals surface area contributed by atoms with E-state index in [0.29, 0.717) is 10.4 Å². The molecule has 0 aliphatic carbocycles. The van der Waals surface area contributed by atoms with Crippen LogP contribution in [0, 0.1) is 5.82 Å². The van der Waals surface area contributed by atoms with E-state index in [1.165, 1.54) is 12.4 Å². The second-order valence-electron chi connectivity index (χ2n) is 3.87. The molecule has 94 valence electrons. The number of aromatic nitrogens is 2. The van der Waals surface area contributed by atoms with Crippen LogP contribution in [0.5, 0.6) is 11.6 Å². The van der Waals surface area contributed by atoms with E-state index < -0.39 is 5.82 Å². The van der Waals surface area contributed by atoms with Gasteiger partial charge in [-0.1, -0.05) is 28.1 Å². The first-order valence-electron chi connectivity index (χ1n) is 5.57. The van der Waals surface area contributed by atoms with Crippen molar-refractivity contribution in [1.29, 1.82) is 0 Å². The van der Waals surface area contributed by atoms with Gasteiger partial charge in [-0.2, -0.15) is 0 Å². The number of nitrogens with zero attached hydrogens (tertiary/aromatic N) is 2. The van der Waals surface area contributed by atoms with E-state index in [-0.39, 0.29) is 5.75 Å². The lowest BCUT2D eigenvalue weighted by Gasteiger charge is -2.08. The molecule has 2 aromatic carbocycles. The summed E-state index contributed by atoms with van der Waals surface area (Å²) in [5.74, 6) is 0.0240. The largest absolute Gasteiger partial charge is 0.435 e. The lowest BCUT2D eigenvalue weighted by molar-refractivity contribution is 0.431. The number of rotatable bonds is 2. The molecule has 0 saturated heterocycles. The molecule has 0 N–H and O–H groups in total. The van der Waals surface area contributed by atoms with Crippen LogP contribution in [0.1, 0.15) is 0 Å². The second-order valence-corrected chi connectivity index (χ2v) is 4.79. The van der Waals surface area contributed by atoms with Crippen molar-refractivity contribution in [1.82, 2.24) is 9.97 Å². The Bertz CT molecular complexity index is 743. The van der Waals surface area contributed by atoms with E-state index in [1.54, 1.807) is 12.1 Å². The molecule has 1 aromatic heterocycles. The van der Waals surface area contributed by atoms with Crippen LogP contribution in [0.15, 0.2) is 53.3 Å². The molecule has 0 unspecified atom stereocenters. The van der Waals surface area contributed by atoms with E-state index >= 15 is 0 Å². The van der Waals surface area contributed by atoms with Crippen LogP contribution in [0.4, 0.5) is 4.39 Å². The van der Waals surface area contributed by atoms with Crippen molar-refractivity contribution in [2.24, 2.45) is 0 Å². The summed E-state index contributed by atoms with van der Waals surface area (Å²) in [6.07, 6.45) is 1.40. The van der Waals surface area contributed by atoms with Crippen molar-refractivity contribution in [3.63, 3.8) is 0 Å². The molecule has 3 nitrogen and oxygen atoms in total. The molecule has 0 aliphatic heterocycles. The predicted molar refractivity (Wildman–Crippen MR) is 73.7 cm³/mol. The number of hydrogen-bond donors (Lipinski definition) is 0. The van der Waals surface area contributed by atoms with Crippen LogP contribution >= 0.6 is 15.9 Å². The van der Waals surface area contributed by atoms with E-state index in [9.17, 15) is 4.39 Å². The van der Waals surface area contributed by atoms with E-state index in [4.69, 9.17) is 4.74 Å². The number of halogens is 2. The van der Waals surface area contributed by atoms with Gasteiger partial charge in [-0.25, -0.2) is 14.4 Å². The summed E-state index contributed by atoms with van der Waals surface area (Å²) >= 11 is 3.20. The van der Waals surface area contributed by atoms with Gasteiger partial charge in [0.1, 0.15) is 6.33 Å². The Morgan fingerprint density at radius 2 is 1.89 bits per heavy atom. The minimum Gasteiger partial charge on any atom is -0.435 e. The molecule has 19 heavy (non-hydrogen) atoms. The molecule has 0 amide bonds. The van der Waals surface area contributed by atoms with Gasteiger partial charge < -0.3 is 4.74 Å². The standard InChI is InChI=1S/C14H8BrFN2O/c15-9-5-6-13(11(16)7-9)19-14-10-3-1-2-4-12(10)17-8-18-14/h1-8H. The summed E-state index contributed by atoms with van der Waals surface area (Å²) in [7, 11) is 0. The highest BCUT2D eigenvalue weighted by Gasteiger charge is 2.09. The minimum atomic E-state index is -0.447. The Hall–Kier alpha value is -2.01. The summed E-state index contributed by atoms with van der Waals surface area (Å²) in [5.41, 5.74) is 0.755. The monoisotopic (exact) mass is 318 g/mol. The van der Waals surface area contributed by atoms with Crippen LogP contribution in [0.2, 0.25) is 0 Å². The molecule has 5 heteroatoms. The highest BCUT2D eigenvalue weighted by Crippen LogP contribution is 2.29. The quantitative estimate of drug-likeness (QED) is 0.705. The molecule has 1 heterocycles. The number of para-hydroxylation sites is 1. The van der Waals surface area contributed by atoms with E-state index in [0.717, 1.165) is 10.9 Å². The number of hydrogen-bond acceptors (Lipinski definition) is 3. The zero-order chi connectivity index (χ0) is 13.2. The first kappa shape index (κ1) is 12.0. The summed E-state index contributed by atoms with van der Waals surface area (Å²) in [4.78, 5) is 8.18. The third-order valence-corrected chi connectivity index (χ3v) is 3.10. The average Bonchev–Trinajstić information content (AvgIpc) is 2.42. The van der Waals surface area contributed by atoms with Gasteiger partial charge in [-0.3, -0.25) is 0 Å². The average molecular weight is 319 g/mol. The highest BCUT2D eigenvalue weighted by molar-refractivity contribution is 9.10. The van der Waals surface area contributed by atoms with Crippen molar-refractivity contribution in [3.8, 4) is 11.6 Å². The fraction of sp³-hybridized carbons (Fsp3) is 0. The fourth-order valence-corrected chi connectivity index (χ4v) is 2.06. The molecular weight excluding hydrogens is 311 g/mol. The molecule has 0 bridgehead atoms. The smallest absolute Gasteiger partial charge is 0.230 e. The molecule has 0 fully saturated rings. The van der Waals surface area contributed by atoms with Crippen molar-refractivity contribution >= 4 is 26.8 Å². The lowest BCUT2D eigenvalue weighted by atomic mass is 10.2. The Morgan fingerprint density at radius 3 is 2.74 bits per heavy atom. The second kappa shape index (κ2) is 4.93. The zero-order valence-electron chi connectivity index (χ0n) is 9.68. The van der Waals surface area contributed by atoms with Gasteiger partial charge in [0.25, 0.3) is 0 Å². The van der Waals surface area contributed by atoms with E-state index in [1.807, 2.05) is 24.3 Å². The van der Waals surface area contributed by atoms with Crippen molar-refractivity contribution < 1.29 is 9.13 Å². The van der Waals surface area contributed by atoms with Gasteiger partial charge >= 0.3 is 0 Å². The first-order valence-corrected chi connectivity index (χ1v) is 6.36. The summed E-state index contributed by atoms with van der Waals surface area (Å²) in [5, 5.41) is 0.743. The van der Waals surface area contributed by atoms with Gasteiger partial charge in [0, 0.05) is 4.47 Å². The summed E-state index contributed by atoms with van der Waals surface area (Å²) < 4.78 is 19.9. The lowest BCUT2D eigenvalue weighted by Crippen LogP contribution is -1.93. The maximum atomic E-state index is 13.7. The predicted octanol–water partition coefficient (Wildman–Crippen LogP) is 4.32. The van der Waals surface area contributed by atoms with Gasteiger partial charge in [-0.15, -0.1) is 0 Å². The van der Waals surface area contributed by atoms with Crippen LogP contribution in [-0.4, -0.2) is 9.97 Å². The van der Waals surface area contributed by atoms with Crippen LogP contribution < -0.4 is 4.74 Å². The number of benzene rings is 2. The first-order chi connectivity index (χ1) is 9.24. The Morgan fingerprint density at radius 1 is 1.05 bits per heavy atom. The maximum absolute atomic E-state index is 13.7. The molecular formula is C14H8BrFN2O. The molecule has 3 aromatic rings. The van der Waals surface area contributed by atoms with Gasteiger partial charge in [0.05, 0.1) is 10.9 Å². The third kappa shape index (κ3) is 2.42. The maximum Gasteiger partial charge on any atom is 0.230 e. The SMILES string of the molecule is Fc1cc(Br)ccc1Oc1ncnc2ccccc12. The normalized spacial score (nSPS) is 10.6. The molecule has 0 aliphatic rings. The summed E-state index contributed by atoms with van der Waals surface area (Å²) in [6.45, 7) is 0. The molecule has 3 rings (SSSR count). The fourth-order valence-electron chi connectivity index (χ4n) is 1.72. The van der Waals surface area contributed by atoms with Crippen LogP contribution in [-0.2, 0) is 0 Å². The van der Waals surface area contributed by atoms with Gasteiger partial charge in [0.15, 0.2) is 11.6 Å². The Kier molecular flexibility index (Phi) is 3.13. The third-order valence-electron chi connectivity index (χ3n) is 2.61. The van der Waals surface area contributed by atoms with Gasteiger partial charge in [-0.05, 0) is 30.3 Å². The number of ether oxygens (including phenoxy) is 1. The van der Waals surface area contributed by atoms with E-state index in [2.05, 4.69) is 25.9 Å². The Labute approximate surface area is 117 Å². The summed E-state index contributed by atoms with van der Waals surface area (Å²) in [6, 6.07) is 12.0. The van der Waals surface area contributed by atoms with Crippen molar-refractivity contribution in [2.75, 3.05) is 0 Å². The molecule has 0 spiro atoms. The number of fused-ring (bicyclic) bond motifs is 1. The minimum absolute atomic E-state index is 0.132. The van der Waals surface area contributed by atoms with Crippen molar-refractivity contribution in [2.45, 2.75) is 0 Å². The Balaban J connectivity index is 2.06. The van der Waals surface area contributed by atoms with Crippen molar-refractivity contribution in [3.05, 3.63) is 59.1 Å². The topological polar surface area (TPSA) is 35.0 Å².